The second-order valence-electron chi connectivity index (χ2n) is 7.22. The number of hydrogen-bond donors (Lipinski definition) is 1. The number of methoxy groups -OCH3 is 1. The van der Waals surface area contributed by atoms with E-state index in [1.807, 2.05) is 41.8 Å². The molecule has 1 amide bonds. The third-order valence-electron chi connectivity index (χ3n) is 5.27. The molecule has 0 saturated heterocycles. The molecule has 2 aromatic heterocycles. The Morgan fingerprint density at radius 1 is 1.06 bits per heavy atom. The van der Waals surface area contributed by atoms with Gasteiger partial charge in [0, 0.05) is 31.9 Å². The van der Waals surface area contributed by atoms with Crippen LogP contribution >= 0.6 is 11.8 Å². The summed E-state index contributed by atoms with van der Waals surface area (Å²) in [4.78, 5) is 24.6. The van der Waals surface area contributed by atoms with Crippen molar-refractivity contribution in [3.8, 4) is 17.1 Å². The Bertz CT molecular complexity index is 1340. The van der Waals surface area contributed by atoms with Crippen LogP contribution in [0.4, 0.5) is 5.69 Å². The summed E-state index contributed by atoms with van der Waals surface area (Å²) in [6, 6.07) is 13.0. The summed E-state index contributed by atoms with van der Waals surface area (Å²) in [5.41, 5.74) is 3.04. The van der Waals surface area contributed by atoms with Gasteiger partial charge in [-0.2, -0.15) is 0 Å². The van der Waals surface area contributed by atoms with E-state index in [0.29, 0.717) is 17.4 Å². The number of nitrogens with one attached hydrogen (secondary N) is 1. The number of thioether (sulfide) groups is 1. The zero-order chi connectivity index (χ0) is 22.8. The Kier molecular flexibility index (Phi) is 6.04. The molecule has 0 fully saturated rings. The van der Waals surface area contributed by atoms with Crippen LogP contribution in [0.1, 0.15) is 6.92 Å². The maximum absolute atomic E-state index is 12.5. The van der Waals surface area contributed by atoms with Gasteiger partial charge in [-0.05, 0) is 49.4 Å². The van der Waals surface area contributed by atoms with E-state index in [0.717, 1.165) is 28.2 Å². The highest BCUT2D eigenvalue weighted by molar-refractivity contribution is 7.99. The molecule has 0 aliphatic rings. The average molecular weight is 453 g/mol. The minimum absolute atomic E-state index is 0.106. The molecule has 2 heterocycles. The first-order valence-corrected chi connectivity index (χ1v) is 11.1. The van der Waals surface area contributed by atoms with Crippen molar-refractivity contribution in [3.63, 3.8) is 0 Å². The van der Waals surface area contributed by atoms with Crippen molar-refractivity contribution in [2.45, 2.75) is 18.6 Å². The van der Waals surface area contributed by atoms with Gasteiger partial charge in [-0.1, -0.05) is 11.8 Å². The zero-order valence-corrected chi connectivity index (χ0v) is 19.1. The number of carbonyl (C=O) groups excluding carboxylic acids is 1. The SMILES string of the molecule is CCn1c(SCC(=O)Nc2ccc3c(c2)n(C)c(=O)n3C)nnc1-c1ccc(OC)cc1. The molecular formula is C22H24N6O3S. The lowest BCUT2D eigenvalue weighted by Crippen LogP contribution is -2.19. The van der Waals surface area contributed by atoms with Crippen molar-refractivity contribution in [2.75, 3.05) is 18.2 Å². The average Bonchev–Trinajstić information content (AvgIpc) is 3.32. The number of aryl methyl sites for hydroxylation is 2. The largest absolute Gasteiger partial charge is 0.497 e. The quantitative estimate of drug-likeness (QED) is 0.433. The standard InChI is InChI=1S/C22H24N6O3S/c1-5-28-20(14-6-9-16(31-4)10-7-14)24-25-21(28)32-13-19(29)23-15-8-11-17-18(12-15)27(3)22(30)26(17)2/h6-12H,5,13H2,1-4H3,(H,23,29). The highest BCUT2D eigenvalue weighted by Crippen LogP contribution is 2.26. The van der Waals surface area contributed by atoms with Crippen LogP contribution in [0, 0.1) is 0 Å². The Morgan fingerprint density at radius 2 is 1.78 bits per heavy atom. The van der Waals surface area contributed by atoms with E-state index in [2.05, 4.69) is 15.5 Å². The predicted molar refractivity (Wildman–Crippen MR) is 125 cm³/mol. The van der Waals surface area contributed by atoms with Crippen molar-refractivity contribution in [1.29, 1.82) is 0 Å². The topological polar surface area (TPSA) is 96.0 Å². The summed E-state index contributed by atoms with van der Waals surface area (Å²) in [6.45, 7) is 2.69. The normalized spacial score (nSPS) is 11.1. The first-order chi connectivity index (χ1) is 15.4. The Hall–Kier alpha value is -3.53. The van der Waals surface area contributed by atoms with Gasteiger partial charge >= 0.3 is 5.69 Å². The number of nitrogens with zero attached hydrogens (tertiary/aromatic N) is 5. The lowest BCUT2D eigenvalue weighted by Gasteiger charge is -2.09. The number of amides is 1. The monoisotopic (exact) mass is 452 g/mol. The molecule has 2 aromatic carbocycles. The van der Waals surface area contributed by atoms with Crippen molar-refractivity contribution in [3.05, 3.63) is 52.9 Å². The lowest BCUT2D eigenvalue weighted by molar-refractivity contribution is -0.113. The first kappa shape index (κ1) is 21.7. The number of hydrogen-bond acceptors (Lipinski definition) is 6. The van der Waals surface area contributed by atoms with Gasteiger partial charge in [0.2, 0.25) is 5.91 Å². The van der Waals surface area contributed by atoms with E-state index in [9.17, 15) is 9.59 Å². The van der Waals surface area contributed by atoms with Gasteiger partial charge in [0.1, 0.15) is 5.75 Å². The maximum atomic E-state index is 12.5. The number of ether oxygens (including phenoxy) is 1. The van der Waals surface area contributed by atoms with Gasteiger partial charge < -0.3 is 14.6 Å². The number of rotatable bonds is 7. The second kappa shape index (κ2) is 8.91. The Morgan fingerprint density at radius 3 is 2.47 bits per heavy atom. The van der Waals surface area contributed by atoms with Gasteiger partial charge in [0.05, 0.1) is 23.9 Å². The third-order valence-corrected chi connectivity index (χ3v) is 6.24. The molecule has 0 unspecified atom stereocenters. The number of fused-ring (bicyclic) bond motifs is 1. The fourth-order valence-electron chi connectivity index (χ4n) is 3.55. The van der Waals surface area contributed by atoms with Crippen LogP contribution in [0.25, 0.3) is 22.4 Å². The van der Waals surface area contributed by atoms with Gasteiger partial charge in [0.25, 0.3) is 0 Å². The molecule has 4 aromatic rings. The van der Waals surface area contributed by atoms with E-state index in [-0.39, 0.29) is 17.3 Å². The summed E-state index contributed by atoms with van der Waals surface area (Å²) < 4.78 is 10.3. The first-order valence-electron chi connectivity index (χ1n) is 10.1. The van der Waals surface area contributed by atoms with Crippen LogP contribution in [0.2, 0.25) is 0 Å². The van der Waals surface area contributed by atoms with E-state index in [4.69, 9.17) is 4.74 Å². The summed E-state index contributed by atoms with van der Waals surface area (Å²) in [5.74, 6) is 1.55. The van der Waals surface area contributed by atoms with Crippen LogP contribution in [0.3, 0.4) is 0 Å². The van der Waals surface area contributed by atoms with Crippen LogP contribution in [0.15, 0.2) is 52.4 Å². The third kappa shape index (κ3) is 4.01. The summed E-state index contributed by atoms with van der Waals surface area (Å²) in [7, 11) is 5.07. The maximum Gasteiger partial charge on any atom is 0.328 e. The smallest absolute Gasteiger partial charge is 0.328 e. The fourth-order valence-corrected chi connectivity index (χ4v) is 4.35. The van der Waals surface area contributed by atoms with Crippen molar-refractivity contribution < 1.29 is 9.53 Å². The molecule has 4 rings (SSSR count). The van der Waals surface area contributed by atoms with Gasteiger partial charge in [0.15, 0.2) is 11.0 Å². The molecule has 10 heteroatoms. The minimum atomic E-state index is -0.160. The van der Waals surface area contributed by atoms with E-state index in [1.54, 1.807) is 42.5 Å². The lowest BCUT2D eigenvalue weighted by atomic mass is 10.2. The molecule has 166 valence electrons. The van der Waals surface area contributed by atoms with Crippen molar-refractivity contribution in [1.82, 2.24) is 23.9 Å². The summed E-state index contributed by atoms with van der Waals surface area (Å²) in [5, 5.41) is 12.2. The van der Waals surface area contributed by atoms with Crippen molar-refractivity contribution in [2.24, 2.45) is 14.1 Å². The minimum Gasteiger partial charge on any atom is -0.497 e. The molecule has 0 saturated carbocycles. The van der Waals surface area contributed by atoms with Gasteiger partial charge in [-0.15, -0.1) is 10.2 Å². The Balaban J connectivity index is 1.46. The molecule has 9 nitrogen and oxygen atoms in total. The number of carbonyl (C=O) groups is 1. The van der Waals surface area contributed by atoms with Gasteiger partial charge in [-0.3, -0.25) is 13.9 Å². The van der Waals surface area contributed by atoms with E-state index in [1.165, 1.54) is 11.8 Å². The number of benzene rings is 2. The number of anilines is 1. The number of imidazole rings is 1. The molecular weight excluding hydrogens is 428 g/mol. The highest BCUT2D eigenvalue weighted by atomic mass is 32.2. The zero-order valence-electron chi connectivity index (χ0n) is 18.3. The van der Waals surface area contributed by atoms with Crippen LogP contribution < -0.4 is 15.7 Å². The molecule has 1 N–H and O–H groups in total. The number of aromatic nitrogens is 5. The van der Waals surface area contributed by atoms with Crippen LogP contribution in [-0.4, -0.2) is 42.7 Å². The molecule has 0 aliphatic carbocycles. The molecule has 0 spiro atoms. The summed E-state index contributed by atoms with van der Waals surface area (Å²) >= 11 is 1.33. The summed E-state index contributed by atoms with van der Waals surface area (Å²) in [6.07, 6.45) is 0. The highest BCUT2D eigenvalue weighted by Gasteiger charge is 2.15. The van der Waals surface area contributed by atoms with E-state index < -0.39 is 0 Å². The van der Waals surface area contributed by atoms with Crippen LogP contribution in [-0.2, 0) is 25.4 Å². The van der Waals surface area contributed by atoms with Crippen LogP contribution in [0.5, 0.6) is 5.75 Å². The molecule has 0 bridgehead atoms. The van der Waals surface area contributed by atoms with E-state index >= 15 is 0 Å². The molecule has 32 heavy (non-hydrogen) atoms. The molecule has 0 aliphatic heterocycles. The van der Waals surface area contributed by atoms with Gasteiger partial charge in [-0.25, -0.2) is 4.79 Å². The molecule has 0 atom stereocenters. The second-order valence-corrected chi connectivity index (χ2v) is 8.16. The Labute approximate surface area is 189 Å². The fraction of sp³-hybridized carbons (Fsp3) is 0.273. The molecule has 0 radical (unpaired) electrons. The van der Waals surface area contributed by atoms with Crippen molar-refractivity contribution >= 4 is 34.4 Å². The predicted octanol–water partition coefficient (Wildman–Crippen LogP) is 2.89.